The van der Waals surface area contributed by atoms with Crippen molar-refractivity contribution in [2.45, 2.75) is 25.2 Å². The monoisotopic (exact) mass is 382 g/mol. The molecule has 7 heteroatoms. The first-order valence-corrected chi connectivity index (χ1v) is 9.32. The number of nitrogens with zero attached hydrogens (tertiary/aromatic N) is 4. The number of aromatic nitrogens is 3. The van der Waals surface area contributed by atoms with Gasteiger partial charge in [-0.3, -0.25) is 4.79 Å². The van der Waals surface area contributed by atoms with E-state index in [1.165, 1.54) is 0 Å². The number of benzene rings is 1. The highest BCUT2D eigenvalue weighted by atomic mass is 35.5. The van der Waals surface area contributed by atoms with Crippen LogP contribution in [0, 0.1) is 0 Å². The first-order valence-electron chi connectivity index (χ1n) is 8.94. The molecule has 138 valence electrons. The number of hydrogen-bond donors (Lipinski definition) is 0. The Balaban J connectivity index is 1.43. The maximum atomic E-state index is 12.6. The Morgan fingerprint density at radius 1 is 1.19 bits per heavy atom. The Morgan fingerprint density at radius 3 is 2.74 bits per heavy atom. The van der Waals surface area contributed by atoms with Gasteiger partial charge < -0.3 is 9.32 Å². The van der Waals surface area contributed by atoms with E-state index in [-0.39, 0.29) is 17.6 Å². The average molecular weight is 383 g/mol. The number of hydrogen-bond acceptors (Lipinski definition) is 5. The van der Waals surface area contributed by atoms with Crippen molar-refractivity contribution in [1.82, 2.24) is 19.9 Å². The molecule has 0 aliphatic carbocycles. The number of amides is 1. The molecule has 0 bridgehead atoms. The molecular formula is C20H19ClN4O2. The maximum absolute atomic E-state index is 12.6. The van der Waals surface area contributed by atoms with Gasteiger partial charge in [0.25, 0.3) is 5.91 Å². The Morgan fingerprint density at radius 2 is 1.96 bits per heavy atom. The molecule has 1 aromatic carbocycles. The summed E-state index contributed by atoms with van der Waals surface area (Å²) in [6, 6.07) is 9.39. The van der Waals surface area contributed by atoms with Crippen molar-refractivity contribution in [3.05, 3.63) is 77.0 Å². The van der Waals surface area contributed by atoms with Crippen molar-refractivity contribution in [2.75, 3.05) is 13.1 Å². The highest BCUT2D eigenvalue weighted by molar-refractivity contribution is 6.30. The molecule has 0 spiro atoms. The first kappa shape index (κ1) is 17.7. The van der Waals surface area contributed by atoms with Crippen molar-refractivity contribution in [2.24, 2.45) is 0 Å². The standard InChI is InChI=1S/C20H19ClN4O2/c21-16-6-4-14(5-7-16)11-17-12-24-19(27-17)15-3-1-10-25(13-15)20(26)18-22-8-2-9-23-18/h2,4-9,12,15H,1,3,10-11,13H2/t15-/m1/s1. The van der Waals surface area contributed by atoms with E-state index in [1.807, 2.05) is 24.3 Å². The van der Waals surface area contributed by atoms with Gasteiger partial charge in [0.1, 0.15) is 5.76 Å². The zero-order valence-corrected chi connectivity index (χ0v) is 15.5. The molecular weight excluding hydrogens is 364 g/mol. The molecule has 3 aromatic rings. The summed E-state index contributed by atoms with van der Waals surface area (Å²) in [5.41, 5.74) is 1.11. The van der Waals surface area contributed by atoms with Crippen LogP contribution in [0.15, 0.2) is 53.3 Å². The zero-order chi connectivity index (χ0) is 18.6. The largest absolute Gasteiger partial charge is 0.445 e. The van der Waals surface area contributed by atoms with Crippen LogP contribution in [0.2, 0.25) is 5.02 Å². The summed E-state index contributed by atoms with van der Waals surface area (Å²) in [5, 5.41) is 0.714. The van der Waals surface area contributed by atoms with Gasteiger partial charge >= 0.3 is 0 Å². The summed E-state index contributed by atoms with van der Waals surface area (Å²) in [6.45, 7) is 1.27. The highest BCUT2D eigenvalue weighted by Crippen LogP contribution is 2.28. The van der Waals surface area contributed by atoms with E-state index < -0.39 is 0 Å². The van der Waals surface area contributed by atoms with E-state index in [2.05, 4.69) is 15.0 Å². The predicted molar refractivity (Wildman–Crippen MR) is 101 cm³/mol. The molecule has 0 radical (unpaired) electrons. The Bertz CT molecular complexity index is 911. The van der Waals surface area contributed by atoms with Gasteiger partial charge in [-0.2, -0.15) is 0 Å². The molecule has 1 saturated heterocycles. The molecule has 1 aliphatic heterocycles. The molecule has 0 saturated carbocycles. The molecule has 3 heterocycles. The Kier molecular flexibility index (Phi) is 5.16. The number of piperidine rings is 1. The fourth-order valence-electron chi connectivity index (χ4n) is 3.31. The lowest BCUT2D eigenvalue weighted by Crippen LogP contribution is -2.39. The van der Waals surface area contributed by atoms with Crippen molar-refractivity contribution in [1.29, 1.82) is 0 Å². The van der Waals surface area contributed by atoms with Crippen LogP contribution in [-0.2, 0) is 6.42 Å². The lowest BCUT2D eigenvalue weighted by molar-refractivity contribution is 0.0685. The van der Waals surface area contributed by atoms with Crippen molar-refractivity contribution >= 4 is 17.5 Å². The van der Waals surface area contributed by atoms with Gasteiger partial charge in [-0.15, -0.1) is 0 Å². The fourth-order valence-corrected chi connectivity index (χ4v) is 3.44. The quantitative estimate of drug-likeness (QED) is 0.687. The van der Waals surface area contributed by atoms with Gasteiger partial charge in [0, 0.05) is 36.9 Å². The van der Waals surface area contributed by atoms with Crippen molar-refractivity contribution in [3.8, 4) is 0 Å². The van der Waals surface area contributed by atoms with Crippen molar-refractivity contribution < 1.29 is 9.21 Å². The molecule has 0 unspecified atom stereocenters. The van der Waals surface area contributed by atoms with Gasteiger partial charge in [0.15, 0.2) is 5.89 Å². The number of carbonyl (C=O) groups excluding carboxylic acids is 1. The van der Waals surface area contributed by atoms with E-state index in [0.29, 0.717) is 30.4 Å². The average Bonchev–Trinajstić information content (AvgIpc) is 3.18. The SMILES string of the molecule is O=C(c1ncccn1)N1CCC[C@@H](c2ncc(Cc3ccc(Cl)cc3)o2)C1. The van der Waals surface area contributed by atoms with Crippen LogP contribution in [0.4, 0.5) is 0 Å². The van der Waals surface area contributed by atoms with Crippen LogP contribution >= 0.6 is 11.6 Å². The van der Waals surface area contributed by atoms with Crippen LogP contribution in [0.5, 0.6) is 0 Å². The summed E-state index contributed by atoms with van der Waals surface area (Å²) >= 11 is 5.93. The third kappa shape index (κ3) is 4.17. The van der Waals surface area contributed by atoms with Crippen LogP contribution in [0.25, 0.3) is 0 Å². The van der Waals surface area contributed by atoms with Crippen LogP contribution in [0.1, 0.15) is 46.6 Å². The number of oxazole rings is 1. The van der Waals surface area contributed by atoms with Crippen LogP contribution < -0.4 is 0 Å². The summed E-state index contributed by atoms with van der Waals surface area (Å²) in [4.78, 5) is 26.9. The minimum Gasteiger partial charge on any atom is -0.445 e. The molecule has 27 heavy (non-hydrogen) atoms. The lowest BCUT2D eigenvalue weighted by atomic mass is 9.98. The molecule has 2 aromatic heterocycles. The van der Waals surface area contributed by atoms with Gasteiger partial charge in [0.2, 0.25) is 5.82 Å². The minimum atomic E-state index is -0.145. The Hall–Kier alpha value is -2.73. The first-order chi connectivity index (χ1) is 13.2. The van der Waals surface area contributed by atoms with Crippen LogP contribution in [-0.4, -0.2) is 38.8 Å². The smallest absolute Gasteiger partial charge is 0.291 e. The van der Waals surface area contributed by atoms with Gasteiger partial charge in [0.05, 0.1) is 12.1 Å². The second-order valence-electron chi connectivity index (χ2n) is 6.63. The van der Waals surface area contributed by atoms with Gasteiger partial charge in [-0.25, -0.2) is 15.0 Å². The summed E-state index contributed by atoms with van der Waals surface area (Å²) in [5.74, 6) is 1.67. The lowest BCUT2D eigenvalue weighted by Gasteiger charge is -2.30. The third-order valence-electron chi connectivity index (χ3n) is 4.68. The third-order valence-corrected chi connectivity index (χ3v) is 4.93. The minimum absolute atomic E-state index is 0.0883. The number of carbonyl (C=O) groups is 1. The van der Waals surface area contributed by atoms with Crippen LogP contribution in [0.3, 0.4) is 0 Å². The number of likely N-dealkylation sites (tertiary alicyclic amines) is 1. The molecule has 1 aliphatic rings. The van der Waals surface area contributed by atoms with Gasteiger partial charge in [-0.1, -0.05) is 23.7 Å². The Labute approximate surface area is 162 Å². The highest BCUT2D eigenvalue weighted by Gasteiger charge is 2.29. The fraction of sp³-hybridized carbons (Fsp3) is 0.300. The van der Waals surface area contributed by atoms with E-state index in [0.717, 1.165) is 24.2 Å². The summed E-state index contributed by atoms with van der Waals surface area (Å²) in [6.07, 6.45) is 7.44. The maximum Gasteiger partial charge on any atom is 0.291 e. The second kappa shape index (κ2) is 7.88. The molecule has 4 rings (SSSR count). The molecule has 1 fully saturated rings. The number of rotatable bonds is 4. The molecule has 1 atom stereocenters. The zero-order valence-electron chi connectivity index (χ0n) is 14.7. The second-order valence-corrected chi connectivity index (χ2v) is 7.07. The molecule has 6 nitrogen and oxygen atoms in total. The molecule has 0 N–H and O–H groups in total. The summed E-state index contributed by atoms with van der Waals surface area (Å²) in [7, 11) is 0. The van der Waals surface area contributed by atoms with E-state index in [9.17, 15) is 4.79 Å². The molecule has 1 amide bonds. The van der Waals surface area contributed by atoms with Crippen molar-refractivity contribution in [3.63, 3.8) is 0 Å². The van der Waals surface area contributed by atoms with Gasteiger partial charge in [-0.05, 0) is 36.6 Å². The van der Waals surface area contributed by atoms with E-state index in [1.54, 1.807) is 29.6 Å². The number of halogens is 1. The predicted octanol–water partition coefficient (Wildman–Crippen LogP) is 3.73. The summed E-state index contributed by atoms with van der Waals surface area (Å²) < 4.78 is 5.98. The topological polar surface area (TPSA) is 72.1 Å². The van der Waals surface area contributed by atoms with E-state index >= 15 is 0 Å². The van der Waals surface area contributed by atoms with E-state index in [4.69, 9.17) is 16.0 Å². The normalized spacial score (nSPS) is 17.1.